The summed E-state index contributed by atoms with van der Waals surface area (Å²) in [5.41, 5.74) is 3.05. The molecule has 0 aromatic heterocycles. The van der Waals surface area contributed by atoms with Crippen molar-refractivity contribution in [1.29, 1.82) is 0 Å². The van der Waals surface area contributed by atoms with Crippen LogP contribution in [-0.2, 0) is 0 Å². The third kappa shape index (κ3) is 3.29. The van der Waals surface area contributed by atoms with E-state index in [1.165, 1.54) is 17.7 Å². The van der Waals surface area contributed by atoms with Gasteiger partial charge in [-0.3, -0.25) is 0 Å². The van der Waals surface area contributed by atoms with Gasteiger partial charge in [0.15, 0.2) is 0 Å². The van der Waals surface area contributed by atoms with E-state index in [0.29, 0.717) is 18.4 Å². The summed E-state index contributed by atoms with van der Waals surface area (Å²) in [5, 5.41) is 13.4. The first-order valence-corrected chi connectivity index (χ1v) is 7.43. The lowest BCUT2D eigenvalue weighted by Crippen LogP contribution is -2.19. The molecule has 1 aliphatic heterocycles. The highest BCUT2D eigenvalue weighted by Gasteiger charge is 2.41. The predicted molar refractivity (Wildman–Crippen MR) is 82.2 cm³/mol. The van der Waals surface area contributed by atoms with Gasteiger partial charge in [0, 0.05) is 19.0 Å². The van der Waals surface area contributed by atoms with E-state index < -0.39 is 6.09 Å². The normalized spacial score (nSPS) is 25.4. The van der Waals surface area contributed by atoms with Crippen LogP contribution >= 0.6 is 0 Å². The number of methoxy groups -OCH3 is 1. The van der Waals surface area contributed by atoms with Crippen molar-refractivity contribution in [3.8, 4) is 5.75 Å². The Morgan fingerprint density at radius 3 is 2.76 bits per heavy atom. The Hall–Kier alpha value is -1.75. The summed E-state index contributed by atoms with van der Waals surface area (Å²) in [7, 11) is 1.74. The van der Waals surface area contributed by atoms with Crippen molar-refractivity contribution in [1.82, 2.24) is 10.6 Å². The fourth-order valence-electron chi connectivity index (χ4n) is 3.36. The van der Waals surface area contributed by atoms with Crippen molar-refractivity contribution < 1.29 is 14.6 Å². The quantitative estimate of drug-likeness (QED) is 0.783. The standard InChI is InChI=1S/C13H17NO.C3H7NO2/c1-8-10-4-3-9(15-2)5-11(10)13-7-14-6-12(8)13;1-2-4-3(5)6/h3-5,8,12-14H,6-7H2,1-2H3;4H,2H2,1H3,(H,5,6). The highest BCUT2D eigenvalue weighted by atomic mass is 16.5. The number of benzene rings is 1. The third-order valence-electron chi connectivity index (χ3n) is 4.42. The maximum Gasteiger partial charge on any atom is 0.404 e. The fraction of sp³-hybridized carbons (Fsp3) is 0.562. The molecule has 0 radical (unpaired) electrons. The summed E-state index contributed by atoms with van der Waals surface area (Å²) in [6.45, 7) is 6.87. The van der Waals surface area contributed by atoms with Gasteiger partial charge in [0.2, 0.25) is 0 Å². The van der Waals surface area contributed by atoms with E-state index in [9.17, 15) is 4.79 Å². The molecule has 0 saturated carbocycles. The molecule has 3 rings (SSSR count). The van der Waals surface area contributed by atoms with Gasteiger partial charge in [0.1, 0.15) is 5.75 Å². The number of hydrogen-bond donors (Lipinski definition) is 3. The average Bonchev–Trinajstić information content (AvgIpc) is 3.03. The number of hydrogen-bond acceptors (Lipinski definition) is 3. The largest absolute Gasteiger partial charge is 0.497 e. The maximum absolute atomic E-state index is 9.49. The van der Waals surface area contributed by atoms with E-state index in [0.717, 1.165) is 18.2 Å². The van der Waals surface area contributed by atoms with Crippen molar-refractivity contribution in [3.63, 3.8) is 0 Å². The van der Waals surface area contributed by atoms with Crippen molar-refractivity contribution in [3.05, 3.63) is 29.3 Å². The second-order valence-corrected chi connectivity index (χ2v) is 5.55. The predicted octanol–water partition coefficient (Wildman–Crippen LogP) is 2.39. The molecule has 3 atom stereocenters. The molecule has 3 N–H and O–H groups in total. The number of carboxylic acid groups (broad SMARTS) is 1. The van der Waals surface area contributed by atoms with Gasteiger partial charge in [-0.2, -0.15) is 0 Å². The van der Waals surface area contributed by atoms with E-state index in [4.69, 9.17) is 9.84 Å². The summed E-state index contributed by atoms with van der Waals surface area (Å²) in [6, 6.07) is 6.56. The van der Waals surface area contributed by atoms with Crippen LogP contribution < -0.4 is 15.4 Å². The number of nitrogens with one attached hydrogen (secondary N) is 2. The van der Waals surface area contributed by atoms with Crippen LogP contribution in [0.3, 0.4) is 0 Å². The summed E-state index contributed by atoms with van der Waals surface area (Å²) in [4.78, 5) is 9.49. The van der Waals surface area contributed by atoms with Crippen LogP contribution in [0.5, 0.6) is 5.75 Å². The van der Waals surface area contributed by atoms with Gasteiger partial charge in [-0.1, -0.05) is 13.0 Å². The molecule has 1 saturated heterocycles. The highest BCUT2D eigenvalue weighted by molar-refractivity contribution is 5.64. The summed E-state index contributed by atoms with van der Waals surface area (Å²) in [6.07, 6.45) is -0.961. The lowest BCUT2D eigenvalue weighted by Gasteiger charge is -2.12. The minimum atomic E-state index is -0.961. The van der Waals surface area contributed by atoms with Gasteiger partial charge in [-0.25, -0.2) is 4.79 Å². The molecule has 5 nitrogen and oxygen atoms in total. The topological polar surface area (TPSA) is 70.6 Å². The first-order chi connectivity index (χ1) is 10.1. The molecule has 1 fully saturated rings. The zero-order chi connectivity index (χ0) is 15.4. The molecule has 1 heterocycles. The first-order valence-electron chi connectivity index (χ1n) is 7.43. The molecule has 2 aliphatic rings. The van der Waals surface area contributed by atoms with Crippen LogP contribution in [0.2, 0.25) is 0 Å². The Kier molecular flexibility index (Phi) is 5.07. The fourth-order valence-corrected chi connectivity index (χ4v) is 3.36. The number of fused-ring (bicyclic) bond motifs is 3. The minimum absolute atomic E-state index is 0.481. The van der Waals surface area contributed by atoms with Crippen molar-refractivity contribution in [2.45, 2.75) is 25.7 Å². The third-order valence-corrected chi connectivity index (χ3v) is 4.42. The molecular weight excluding hydrogens is 268 g/mol. The molecule has 5 heteroatoms. The molecule has 1 aromatic rings. The number of ether oxygens (including phenoxy) is 1. The molecule has 116 valence electrons. The average molecular weight is 292 g/mol. The van der Waals surface area contributed by atoms with E-state index >= 15 is 0 Å². The van der Waals surface area contributed by atoms with Gasteiger partial charge in [0.25, 0.3) is 0 Å². The minimum Gasteiger partial charge on any atom is -0.497 e. The van der Waals surface area contributed by atoms with Crippen molar-refractivity contribution in [2.75, 3.05) is 26.7 Å². The molecule has 21 heavy (non-hydrogen) atoms. The zero-order valence-electron chi connectivity index (χ0n) is 12.8. The Balaban J connectivity index is 0.000000232. The summed E-state index contributed by atoms with van der Waals surface area (Å²) < 4.78 is 5.30. The van der Waals surface area contributed by atoms with Gasteiger partial charge < -0.3 is 20.5 Å². The van der Waals surface area contributed by atoms with E-state index in [-0.39, 0.29) is 0 Å². The SMILES string of the molecule is CCNC(=O)O.COc1ccc2c(c1)C1CNCC1C2C. The Morgan fingerprint density at radius 1 is 1.43 bits per heavy atom. The van der Waals surface area contributed by atoms with Gasteiger partial charge in [0.05, 0.1) is 7.11 Å². The Labute approximate surface area is 125 Å². The van der Waals surface area contributed by atoms with Gasteiger partial charge in [-0.05, 0) is 48.6 Å². The molecule has 1 aromatic carbocycles. The van der Waals surface area contributed by atoms with E-state index in [1.54, 1.807) is 14.0 Å². The highest BCUT2D eigenvalue weighted by Crippen LogP contribution is 2.48. The van der Waals surface area contributed by atoms with Gasteiger partial charge in [-0.15, -0.1) is 0 Å². The number of amides is 1. The summed E-state index contributed by atoms with van der Waals surface area (Å²) in [5.74, 6) is 3.21. The van der Waals surface area contributed by atoms with Crippen LogP contribution in [-0.4, -0.2) is 37.9 Å². The monoisotopic (exact) mass is 292 g/mol. The van der Waals surface area contributed by atoms with Crippen molar-refractivity contribution >= 4 is 6.09 Å². The summed E-state index contributed by atoms with van der Waals surface area (Å²) >= 11 is 0. The number of carbonyl (C=O) groups is 1. The molecular formula is C16H24N2O3. The lowest BCUT2D eigenvalue weighted by atomic mass is 9.91. The first kappa shape index (κ1) is 15.6. The van der Waals surface area contributed by atoms with Crippen LogP contribution in [0.1, 0.15) is 36.8 Å². The molecule has 0 spiro atoms. The zero-order valence-corrected chi connectivity index (χ0v) is 12.8. The molecule has 3 unspecified atom stereocenters. The van der Waals surface area contributed by atoms with Crippen LogP contribution in [0, 0.1) is 5.92 Å². The van der Waals surface area contributed by atoms with Crippen molar-refractivity contribution in [2.24, 2.45) is 5.92 Å². The second kappa shape index (κ2) is 6.80. The van der Waals surface area contributed by atoms with E-state index in [2.05, 4.69) is 35.8 Å². The lowest BCUT2D eigenvalue weighted by molar-refractivity contribution is 0.195. The number of rotatable bonds is 2. The van der Waals surface area contributed by atoms with Crippen LogP contribution in [0.25, 0.3) is 0 Å². The Bertz CT molecular complexity index is 504. The molecule has 0 bridgehead atoms. The van der Waals surface area contributed by atoms with Crippen LogP contribution in [0.15, 0.2) is 18.2 Å². The van der Waals surface area contributed by atoms with Gasteiger partial charge >= 0.3 is 6.09 Å². The maximum atomic E-state index is 9.49. The van der Waals surface area contributed by atoms with E-state index in [1.807, 2.05) is 0 Å². The Morgan fingerprint density at radius 2 is 2.19 bits per heavy atom. The molecule has 1 aliphatic carbocycles. The smallest absolute Gasteiger partial charge is 0.404 e. The second-order valence-electron chi connectivity index (χ2n) is 5.55. The van der Waals surface area contributed by atoms with Crippen LogP contribution in [0.4, 0.5) is 4.79 Å². The molecule has 1 amide bonds.